The Morgan fingerprint density at radius 2 is 1.90 bits per heavy atom. The number of fused-ring (bicyclic) bond motifs is 1. The standard InChI is InChI=1S/C22H19N3O3S/c1-27-19-8-4-7-18(14-19)23-20(26)11-12-29-22-25-24-21(28-22)17-10-9-15-5-2-3-6-16(15)13-17/h2-10,13-14H,11-12H2,1H3,(H,23,26). The SMILES string of the molecule is COc1cccc(NC(=O)CCSc2nnc(-c3ccc4ccccc4c3)o2)c1. The number of hydrogen-bond donors (Lipinski definition) is 1. The number of thioether (sulfide) groups is 1. The van der Waals surface area contributed by atoms with Gasteiger partial charge in [-0.1, -0.05) is 48.2 Å². The lowest BCUT2D eigenvalue weighted by molar-refractivity contribution is -0.115. The predicted octanol–water partition coefficient (Wildman–Crippen LogP) is 5.02. The summed E-state index contributed by atoms with van der Waals surface area (Å²) in [5.41, 5.74) is 1.58. The number of nitrogens with one attached hydrogen (secondary N) is 1. The minimum atomic E-state index is -0.0833. The molecule has 1 amide bonds. The molecule has 0 atom stereocenters. The van der Waals surface area contributed by atoms with Crippen LogP contribution < -0.4 is 10.1 Å². The van der Waals surface area contributed by atoms with Crippen molar-refractivity contribution in [1.29, 1.82) is 0 Å². The summed E-state index contributed by atoms with van der Waals surface area (Å²) in [7, 11) is 1.59. The van der Waals surface area contributed by atoms with Crippen molar-refractivity contribution in [2.75, 3.05) is 18.2 Å². The summed E-state index contributed by atoms with van der Waals surface area (Å²) in [6.07, 6.45) is 0.329. The fourth-order valence-electron chi connectivity index (χ4n) is 2.86. The van der Waals surface area contributed by atoms with Gasteiger partial charge in [-0.3, -0.25) is 4.79 Å². The number of hydrogen-bond acceptors (Lipinski definition) is 6. The van der Waals surface area contributed by atoms with Gasteiger partial charge in [-0.25, -0.2) is 0 Å². The molecule has 3 aromatic carbocycles. The monoisotopic (exact) mass is 405 g/mol. The molecule has 0 aliphatic rings. The zero-order valence-corrected chi connectivity index (χ0v) is 16.6. The van der Waals surface area contributed by atoms with Crippen LogP contribution in [0.15, 0.2) is 76.4 Å². The molecule has 0 spiro atoms. The highest BCUT2D eigenvalue weighted by Crippen LogP contribution is 2.26. The van der Waals surface area contributed by atoms with E-state index >= 15 is 0 Å². The Balaban J connectivity index is 1.32. The maximum absolute atomic E-state index is 12.1. The van der Waals surface area contributed by atoms with E-state index in [1.165, 1.54) is 11.8 Å². The first-order valence-corrected chi connectivity index (χ1v) is 10.1. The Morgan fingerprint density at radius 1 is 1.03 bits per heavy atom. The van der Waals surface area contributed by atoms with Crippen molar-refractivity contribution in [2.45, 2.75) is 11.6 Å². The van der Waals surface area contributed by atoms with Crippen LogP contribution in [0.1, 0.15) is 6.42 Å². The molecule has 0 aliphatic carbocycles. The van der Waals surface area contributed by atoms with Crippen LogP contribution in [0.4, 0.5) is 5.69 Å². The number of carbonyl (C=O) groups is 1. The van der Waals surface area contributed by atoms with E-state index in [-0.39, 0.29) is 5.91 Å². The number of nitrogens with zero attached hydrogens (tertiary/aromatic N) is 2. The third-order valence-electron chi connectivity index (χ3n) is 4.31. The van der Waals surface area contributed by atoms with Gasteiger partial charge in [0.15, 0.2) is 0 Å². The Hall–Kier alpha value is -3.32. The Bertz CT molecular complexity index is 1140. The predicted molar refractivity (Wildman–Crippen MR) is 114 cm³/mol. The number of rotatable bonds is 7. The molecule has 0 aliphatic heterocycles. The molecule has 1 aromatic heterocycles. The van der Waals surface area contributed by atoms with Crippen molar-refractivity contribution in [3.05, 3.63) is 66.7 Å². The quantitative estimate of drug-likeness (QED) is 0.435. The van der Waals surface area contributed by atoms with Crippen molar-refractivity contribution < 1.29 is 13.9 Å². The van der Waals surface area contributed by atoms with E-state index < -0.39 is 0 Å². The molecule has 29 heavy (non-hydrogen) atoms. The second-order valence-electron chi connectivity index (χ2n) is 6.31. The molecule has 1 heterocycles. The van der Waals surface area contributed by atoms with E-state index in [2.05, 4.69) is 21.6 Å². The number of aromatic nitrogens is 2. The maximum atomic E-state index is 12.1. The fraction of sp³-hybridized carbons (Fsp3) is 0.136. The summed E-state index contributed by atoms with van der Waals surface area (Å²) >= 11 is 1.36. The van der Waals surface area contributed by atoms with Gasteiger partial charge < -0.3 is 14.5 Å². The van der Waals surface area contributed by atoms with Crippen molar-refractivity contribution in [3.63, 3.8) is 0 Å². The van der Waals surface area contributed by atoms with Gasteiger partial charge in [0.1, 0.15) is 5.75 Å². The highest BCUT2D eigenvalue weighted by molar-refractivity contribution is 7.99. The lowest BCUT2D eigenvalue weighted by atomic mass is 10.1. The second kappa shape index (κ2) is 8.79. The average molecular weight is 405 g/mol. The lowest BCUT2D eigenvalue weighted by Gasteiger charge is -2.06. The topological polar surface area (TPSA) is 77.2 Å². The van der Waals surface area contributed by atoms with Crippen LogP contribution in [0.2, 0.25) is 0 Å². The van der Waals surface area contributed by atoms with Crippen molar-refractivity contribution in [2.24, 2.45) is 0 Å². The van der Waals surface area contributed by atoms with Crippen LogP contribution in [-0.2, 0) is 4.79 Å². The minimum absolute atomic E-state index is 0.0833. The van der Waals surface area contributed by atoms with Gasteiger partial charge in [0, 0.05) is 29.5 Å². The van der Waals surface area contributed by atoms with Gasteiger partial charge in [-0.15, -0.1) is 10.2 Å². The normalized spacial score (nSPS) is 10.8. The highest BCUT2D eigenvalue weighted by Gasteiger charge is 2.11. The molecule has 1 N–H and O–H groups in total. The largest absolute Gasteiger partial charge is 0.497 e. The molecule has 0 saturated heterocycles. The number of methoxy groups -OCH3 is 1. The number of benzene rings is 3. The number of amides is 1. The smallest absolute Gasteiger partial charge is 0.276 e. The molecule has 6 nitrogen and oxygen atoms in total. The third-order valence-corrected chi connectivity index (χ3v) is 5.13. The molecule has 7 heteroatoms. The third kappa shape index (κ3) is 4.75. The molecular weight excluding hydrogens is 386 g/mol. The first-order chi connectivity index (χ1) is 14.2. The molecule has 0 bridgehead atoms. The highest BCUT2D eigenvalue weighted by atomic mass is 32.2. The summed E-state index contributed by atoms with van der Waals surface area (Å²) in [5.74, 6) is 1.62. The Kier molecular flexibility index (Phi) is 5.76. The molecule has 0 saturated carbocycles. The molecular formula is C22H19N3O3S. The number of anilines is 1. The summed E-state index contributed by atoms with van der Waals surface area (Å²) in [6.45, 7) is 0. The maximum Gasteiger partial charge on any atom is 0.276 e. The van der Waals surface area contributed by atoms with E-state index in [1.807, 2.05) is 54.6 Å². The number of carbonyl (C=O) groups excluding carboxylic acids is 1. The fourth-order valence-corrected chi connectivity index (χ4v) is 3.56. The first-order valence-electron chi connectivity index (χ1n) is 9.11. The lowest BCUT2D eigenvalue weighted by Crippen LogP contribution is -2.12. The van der Waals surface area contributed by atoms with E-state index in [1.54, 1.807) is 13.2 Å². The molecule has 4 rings (SSSR count). The van der Waals surface area contributed by atoms with Crippen LogP contribution in [0, 0.1) is 0 Å². The van der Waals surface area contributed by atoms with Gasteiger partial charge in [-0.2, -0.15) is 0 Å². The molecule has 146 valence electrons. The van der Waals surface area contributed by atoms with Crippen LogP contribution in [0.5, 0.6) is 5.75 Å². The van der Waals surface area contributed by atoms with E-state index in [4.69, 9.17) is 9.15 Å². The van der Waals surface area contributed by atoms with Crippen molar-refractivity contribution >= 4 is 34.1 Å². The first kappa shape index (κ1) is 19.0. The van der Waals surface area contributed by atoms with Crippen molar-refractivity contribution in [3.8, 4) is 17.2 Å². The summed E-state index contributed by atoms with van der Waals surface area (Å²) < 4.78 is 10.9. The van der Waals surface area contributed by atoms with Crippen LogP contribution in [-0.4, -0.2) is 29.0 Å². The van der Waals surface area contributed by atoms with Gasteiger partial charge in [-0.05, 0) is 35.0 Å². The van der Waals surface area contributed by atoms with E-state index in [9.17, 15) is 4.79 Å². The van der Waals surface area contributed by atoms with Crippen LogP contribution in [0.3, 0.4) is 0 Å². The van der Waals surface area contributed by atoms with Gasteiger partial charge in [0.2, 0.25) is 11.8 Å². The zero-order chi connectivity index (χ0) is 20.1. The second-order valence-corrected chi connectivity index (χ2v) is 7.36. The zero-order valence-electron chi connectivity index (χ0n) is 15.8. The Labute approximate surface area is 172 Å². The summed E-state index contributed by atoms with van der Waals surface area (Å²) in [6, 6.07) is 21.4. The summed E-state index contributed by atoms with van der Waals surface area (Å²) in [5, 5.41) is 13.8. The van der Waals surface area contributed by atoms with E-state index in [0.717, 1.165) is 16.3 Å². The molecule has 0 unspecified atom stereocenters. The average Bonchev–Trinajstić information content (AvgIpc) is 3.22. The number of ether oxygens (including phenoxy) is 1. The van der Waals surface area contributed by atoms with Crippen LogP contribution in [0.25, 0.3) is 22.2 Å². The van der Waals surface area contributed by atoms with Gasteiger partial charge in [0.25, 0.3) is 5.22 Å². The summed E-state index contributed by atoms with van der Waals surface area (Å²) in [4.78, 5) is 12.1. The molecule has 0 radical (unpaired) electrons. The molecule has 4 aromatic rings. The minimum Gasteiger partial charge on any atom is -0.497 e. The van der Waals surface area contributed by atoms with Gasteiger partial charge in [0.05, 0.1) is 7.11 Å². The van der Waals surface area contributed by atoms with Crippen molar-refractivity contribution in [1.82, 2.24) is 10.2 Å². The van der Waals surface area contributed by atoms with E-state index in [0.29, 0.717) is 34.7 Å². The Morgan fingerprint density at radius 3 is 2.76 bits per heavy atom. The van der Waals surface area contributed by atoms with Gasteiger partial charge >= 0.3 is 0 Å². The van der Waals surface area contributed by atoms with Crippen LogP contribution >= 0.6 is 11.8 Å². The molecule has 0 fully saturated rings.